The summed E-state index contributed by atoms with van der Waals surface area (Å²) in [6, 6.07) is -2.97. The maximum Gasteiger partial charge on any atom is 0.407 e. The number of ether oxygens (including phenoxy) is 14. The second kappa shape index (κ2) is 24.9. The van der Waals surface area contributed by atoms with Gasteiger partial charge in [0.2, 0.25) is 29.5 Å². The predicted octanol–water partition coefficient (Wildman–Crippen LogP) is -0.614. The highest BCUT2D eigenvalue weighted by Gasteiger charge is 2.60. The van der Waals surface area contributed by atoms with E-state index >= 15 is 0 Å². The first kappa shape index (κ1) is 59.8. The van der Waals surface area contributed by atoms with Gasteiger partial charge in [-0.05, 0) is 62.3 Å². The highest BCUT2D eigenvalue weighted by molar-refractivity contribution is 5.83. The Bertz CT molecular complexity index is 2040. The van der Waals surface area contributed by atoms with Crippen molar-refractivity contribution in [2.75, 3.05) is 48.1 Å². The van der Waals surface area contributed by atoms with Gasteiger partial charge in [0.05, 0.1) is 31.7 Å². The topological polar surface area (TPSA) is 321 Å². The molecule has 6 saturated heterocycles. The van der Waals surface area contributed by atoms with Crippen LogP contribution in [-0.2, 0) is 95.1 Å². The van der Waals surface area contributed by atoms with Crippen molar-refractivity contribution in [2.45, 2.75) is 216 Å². The van der Waals surface area contributed by atoms with Crippen LogP contribution in [0.3, 0.4) is 0 Å². The molecule has 27 nitrogen and oxygen atoms in total. The van der Waals surface area contributed by atoms with Crippen molar-refractivity contribution in [3.63, 3.8) is 0 Å². The summed E-state index contributed by atoms with van der Waals surface area (Å²) in [6.07, 6.45) is -11.9. The van der Waals surface area contributed by atoms with Crippen LogP contribution >= 0.6 is 0 Å². The Balaban J connectivity index is 1.07. The van der Waals surface area contributed by atoms with Crippen LogP contribution in [0.1, 0.15) is 101 Å². The summed E-state index contributed by atoms with van der Waals surface area (Å²) >= 11 is 0. The maximum absolute atomic E-state index is 13.7. The number of alkyl carbamates (subject to hydrolysis) is 1. The molecule has 0 aromatic heterocycles. The zero-order valence-electron chi connectivity index (χ0n) is 45.1. The van der Waals surface area contributed by atoms with Gasteiger partial charge in [-0.3, -0.25) is 28.8 Å². The molecule has 0 bridgehead atoms. The average Bonchev–Trinajstić information content (AvgIpc) is 4.12. The summed E-state index contributed by atoms with van der Waals surface area (Å²) in [5.74, 6) is -6.29. The molecule has 75 heavy (non-hydrogen) atoms. The fourth-order valence-electron chi connectivity index (χ4n) is 9.93. The summed E-state index contributed by atoms with van der Waals surface area (Å²) in [4.78, 5) is 92.4. The molecule has 6 heterocycles. The van der Waals surface area contributed by atoms with E-state index in [2.05, 4.69) is 36.6 Å². The minimum atomic E-state index is -1.05. The number of carbonyl (C=O) groups is 7. The van der Waals surface area contributed by atoms with Crippen LogP contribution in [0.4, 0.5) is 4.79 Å². The smallest absolute Gasteiger partial charge is 0.407 e. The summed E-state index contributed by atoms with van der Waals surface area (Å²) in [6.45, 7) is 15.1. The van der Waals surface area contributed by atoms with Gasteiger partial charge >= 0.3 is 12.1 Å². The van der Waals surface area contributed by atoms with Gasteiger partial charge < -0.3 is 98.2 Å². The fraction of sp³-hybridized carbons (Fsp3) is 0.854. The number of esters is 1. The van der Waals surface area contributed by atoms with Gasteiger partial charge in [-0.2, -0.15) is 0 Å². The first-order valence-electron chi connectivity index (χ1n) is 25.2. The van der Waals surface area contributed by atoms with Crippen LogP contribution in [0.25, 0.3) is 0 Å². The van der Waals surface area contributed by atoms with Crippen molar-refractivity contribution >= 4 is 41.6 Å². The third-order valence-electron chi connectivity index (χ3n) is 12.9. The SMILES string of the molecule is COC(=O)CCNC(=O)C[C@@H](NC(=O)CCNC(=O)C[C@@H](NC(=O)CCNC(=O)C[C@@H](NC(=O)OC(C)(C)C)[C@H]1O[C@H](OC)[C@H]2OC(C)(C)O[C@H]21)[C@H]1O[C@H](OC)[C@H]2OC(C)(C)O[C@H]21)[C@H]1O[C@H](OC)[C@H]2OC(C)(C)O[C@H]21. The highest BCUT2D eigenvalue weighted by Crippen LogP contribution is 2.43. The van der Waals surface area contributed by atoms with E-state index in [9.17, 15) is 33.6 Å². The Hall–Kier alpha value is -4.39. The number of hydrogen-bond acceptors (Lipinski definition) is 21. The second-order valence-electron chi connectivity index (χ2n) is 21.4. The van der Waals surface area contributed by atoms with Gasteiger partial charge in [-0.25, -0.2) is 4.79 Å². The molecule has 0 saturated carbocycles. The van der Waals surface area contributed by atoms with Crippen molar-refractivity contribution in [3.05, 3.63) is 0 Å². The number of amides is 6. The molecule has 0 aromatic carbocycles. The van der Waals surface area contributed by atoms with Crippen LogP contribution in [0, 0.1) is 0 Å². The first-order chi connectivity index (χ1) is 35.1. The molecule has 0 aromatic rings. The second-order valence-corrected chi connectivity index (χ2v) is 21.4. The average molecular weight is 1080 g/mol. The lowest BCUT2D eigenvalue weighted by Crippen LogP contribution is -2.52. The molecular formula is C48H78N6O21. The molecule has 6 aliphatic heterocycles. The third kappa shape index (κ3) is 16.1. The number of methoxy groups -OCH3 is 4. The lowest BCUT2D eigenvalue weighted by molar-refractivity contribution is -0.230. The van der Waals surface area contributed by atoms with E-state index in [0.717, 1.165) is 0 Å². The number of carbonyl (C=O) groups excluding carboxylic acids is 7. The summed E-state index contributed by atoms with van der Waals surface area (Å²) in [5.41, 5.74) is -0.850. The minimum absolute atomic E-state index is 0.00581. The summed E-state index contributed by atoms with van der Waals surface area (Å²) in [5, 5.41) is 16.5. The fourth-order valence-corrected chi connectivity index (χ4v) is 9.93. The molecule has 0 spiro atoms. The third-order valence-corrected chi connectivity index (χ3v) is 12.9. The van der Waals surface area contributed by atoms with Crippen LogP contribution in [0.5, 0.6) is 0 Å². The molecular weight excluding hydrogens is 997 g/mol. The van der Waals surface area contributed by atoms with Gasteiger partial charge in [-0.1, -0.05) is 0 Å². The van der Waals surface area contributed by atoms with Crippen molar-refractivity contribution in [1.29, 1.82) is 0 Å². The van der Waals surface area contributed by atoms with Crippen LogP contribution in [-0.4, -0.2) is 205 Å². The Morgan fingerprint density at radius 2 is 0.760 bits per heavy atom. The molecule has 0 radical (unpaired) electrons. The minimum Gasteiger partial charge on any atom is -0.469 e. The molecule has 6 aliphatic rings. The normalized spacial score (nSPS) is 32.0. The number of rotatable bonds is 24. The van der Waals surface area contributed by atoms with E-state index in [-0.39, 0.29) is 58.2 Å². The van der Waals surface area contributed by atoms with Crippen LogP contribution in [0.15, 0.2) is 0 Å². The zero-order chi connectivity index (χ0) is 55.2. The predicted molar refractivity (Wildman–Crippen MR) is 254 cm³/mol. The van der Waals surface area contributed by atoms with Gasteiger partial charge in [-0.15, -0.1) is 0 Å². The van der Waals surface area contributed by atoms with Gasteiger partial charge in [0, 0.05) is 73.1 Å². The summed E-state index contributed by atoms with van der Waals surface area (Å²) in [7, 11) is 5.53. The Kier molecular flexibility index (Phi) is 19.9. The quantitative estimate of drug-likeness (QED) is 0.0657. The van der Waals surface area contributed by atoms with Crippen molar-refractivity contribution in [1.82, 2.24) is 31.9 Å². The molecule has 6 rings (SSSR count). The Labute approximate surface area is 436 Å². The van der Waals surface area contributed by atoms with Crippen molar-refractivity contribution < 1.29 is 99.9 Å². The lowest BCUT2D eigenvalue weighted by Gasteiger charge is -2.30. The number of fused-ring (bicyclic) bond motifs is 3. The Morgan fingerprint density at radius 1 is 0.453 bits per heavy atom. The van der Waals surface area contributed by atoms with E-state index < -0.39 is 156 Å². The van der Waals surface area contributed by atoms with E-state index in [1.165, 1.54) is 28.4 Å². The van der Waals surface area contributed by atoms with E-state index in [1.54, 1.807) is 62.3 Å². The standard InChI is InChI=1S/C48H78N6O21/c1-45(2,3)75-44(61)54-25(34-37-40(43(65-13)68-34)74-48(8,9)71-37)22-30(59)50-18-15-27(56)52-23(32-35-38(41(63-11)66-32)72-46(4,5)69-35)20-28(57)49-17-14-26(55)53-24(21-29(58)51-19-16-31(60)62-10)33-36-39(42(64-12)67-33)73-47(6,7)70-36/h23-25,32-43H,14-22H2,1-13H3,(H,49,57)(H,50,59)(H,51,58)(H,52,56)(H,53,55)(H,54,61)/t23-,24-,25-,32-,33-,34-,35+,36+,37+,38+,39+,40+,41+,42+,43+/m1/s1. The molecule has 6 fully saturated rings. The summed E-state index contributed by atoms with van der Waals surface area (Å²) < 4.78 is 81.6. The van der Waals surface area contributed by atoms with E-state index in [0.29, 0.717) is 0 Å². The molecule has 6 N–H and O–H groups in total. The maximum atomic E-state index is 13.7. The first-order valence-corrected chi connectivity index (χ1v) is 25.2. The molecule has 0 aliphatic carbocycles. The lowest BCUT2D eigenvalue weighted by atomic mass is 9.99. The van der Waals surface area contributed by atoms with Crippen molar-refractivity contribution in [3.8, 4) is 0 Å². The van der Waals surface area contributed by atoms with Gasteiger partial charge in [0.1, 0.15) is 60.5 Å². The number of nitrogens with one attached hydrogen (secondary N) is 6. The zero-order valence-corrected chi connectivity index (χ0v) is 45.1. The molecule has 15 atom stereocenters. The number of hydrogen-bond donors (Lipinski definition) is 6. The van der Waals surface area contributed by atoms with Gasteiger partial charge in [0.15, 0.2) is 36.2 Å². The van der Waals surface area contributed by atoms with Crippen LogP contribution in [0.2, 0.25) is 0 Å². The largest absolute Gasteiger partial charge is 0.469 e. The molecule has 426 valence electrons. The molecule has 6 amide bonds. The van der Waals surface area contributed by atoms with Crippen molar-refractivity contribution in [2.24, 2.45) is 0 Å². The van der Waals surface area contributed by atoms with Crippen LogP contribution < -0.4 is 31.9 Å². The molecule has 27 heteroatoms. The highest BCUT2D eigenvalue weighted by atomic mass is 16.8. The van der Waals surface area contributed by atoms with E-state index in [1.807, 2.05) is 0 Å². The Morgan fingerprint density at radius 3 is 1.07 bits per heavy atom. The van der Waals surface area contributed by atoms with E-state index in [4.69, 9.17) is 61.6 Å². The molecule has 0 unspecified atom stereocenters. The van der Waals surface area contributed by atoms with Gasteiger partial charge in [0.25, 0.3) is 0 Å². The monoisotopic (exact) mass is 1070 g/mol.